The summed E-state index contributed by atoms with van der Waals surface area (Å²) in [5, 5.41) is 4.17. The third kappa shape index (κ3) is 5.24. The second-order valence-corrected chi connectivity index (χ2v) is 3.57. The SMILES string of the molecule is CC(NC(=O)NCC(F)(F)F)c1ccccc1. The molecule has 1 unspecified atom stereocenters. The average molecular weight is 246 g/mol. The Morgan fingerprint density at radius 1 is 1.29 bits per heavy atom. The predicted octanol–water partition coefficient (Wildman–Crippen LogP) is 2.61. The summed E-state index contributed by atoms with van der Waals surface area (Å²) in [6.45, 7) is 0.364. The molecule has 17 heavy (non-hydrogen) atoms. The van der Waals surface area contributed by atoms with Crippen LogP contribution in [0.2, 0.25) is 0 Å². The standard InChI is InChI=1S/C11H13F3N2O/c1-8(9-5-3-2-4-6-9)16-10(17)15-7-11(12,13)14/h2-6,8H,7H2,1H3,(H2,15,16,17). The Labute approximate surface area is 97.0 Å². The van der Waals surface area contributed by atoms with E-state index in [-0.39, 0.29) is 6.04 Å². The second-order valence-electron chi connectivity index (χ2n) is 3.57. The van der Waals surface area contributed by atoms with E-state index < -0.39 is 18.8 Å². The number of nitrogens with one attached hydrogen (secondary N) is 2. The number of amides is 2. The lowest BCUT2D eigenvalue weighted by molar-refractivity contribution is -0.122. The molecule has 0 aromatic heterocycles. The highest BCUT2D eigenvalue weighted by atomic mass is 19.4. The molecule has 2 amide bonds. The van der Waals surface area contributed by atoms with E-state index in [4.69, 9.17) is 0 Å². The van der Waals surface area contributed by atoms with Crippen molar-refractivity contribution in [3.05, 3.63) is 35.9 Å². The van der Waals surface area contributed by atoms with Crippen LogP contribution in [0.3, 0.4) is 0 Å². The normalized spacial score (nSPS) is 12.9. The van der Waals surface area contributed by atoms with Crippen molar-refractivity contribution in [3.8, 4) is 0 Å². The van der Waals surface area contributed by atoms with Crippen molar-refractivity contribution in [3.63, 3.8) is 0 Å². The first-order valence-electron chi connectivity index (χ1n) is 5.04. The fourth-order valence-corrected chi connectivity index (χ4v) is 1.25. The molecular formula is C11H13F3N2O. The number of hydrogen-bond donors (Lipinski definition) is 2. The van der Waals surface area contributed by atoms with Crippen LogP contribution in [0.15, 0.2) is 30.3 Å². The Morgan fingerprint density at radius 3 is 2.41 bits per heavy atom. The Hall–Kier alpha value is -1.72. The molecule has 3 nitrogen and oxygen atoms in total. The summed E-state index contributed by atoms with van der Waals surface area (Å²) in [5.41, 5.74) is 0.828. The highest BCUT2D eigenvalue weighted by molar-refractivity contribution is 5.74. The van der Waals surface area contributed by atoms with Crippen LogP contribution in [-0.4, -0.2) is 18.8 Å². The van der Waals surface area contributed by atoms with Gasteiger partial charge in [-0.1, -0.05) is 30.3 Å². The molecule has 94 valence electrons. The van der Waals surface area contributed by atoms with Crippen LogP contribution in [0.25, 0.3) is 0 Å². The zero-order chi connectivity index (χ0) is 12.9. The van der Waals surface area contributed by atoms with Gasteiger partial charge in [0.1, 0.15) is 6.54 Å². The van der Waals surface area contributed by atoms with Gasteiger partial charge in [-0.3, -0.25) is 0 Å². The summed E-state index contributed by atoms with van der Waals surface area (Å²) in [6.07, 6.45) is -4.40. The molecule has 2 N–H and O–H groups in total. The molecule has 1 aromatic rings. The average Bonchev–Trinajstić information content (AvgIpc) is 2.27. The van der Waals surface area contributed by atoms with Crippen molar-refractivity contribution in [1.82, 2.24) is 10.6 Å². The van der Waals surface area contributed by atoms with Gasteiger partial charge < -0.3 is 10.6 Å². The van der Waals surface area contributed by atoms with E-state index in [1.54, 1.807) is 36.5 Å². The van der Waals surface area contributed by atoms with Crippen molar-refractivity contribution >= 4 is 6.03 Å². The summed E-state index contributed by atoms with van der Waals surface area (Å²) in [4.78, 5) is 11.2. The van der Waals surface area contributed by atoms with Crippen molar-refractivity contribution in [2.24, 2.45) is 0 Å². The topological polar surface area (TPSA) is 41.1 Å². The maximum Gasteiger partial charge on any atom is 0.405 e. The smallest absolute Gasteiger partial charge is 0.332 e. The Morgan fingerprint density at radius 2 is 1.88 bits per heavy atom. The molecule has 0 heterocycles. The van der Waals surface area contributed by atoms with Crippen LogP contribution in [0.4, 0.5) is 18.0 Å². The third-order valence-corrected chi connectivity index (χ3v) is 2.10. The summed E-state index contributed by atoms with van der Waals surface area (Å²) in [6, 6.07) is 7.80. The second kappa shape index (κ2) is 5.56. The monoisotopic (exact) mass is 246 g/mol. The number of carbonyl (C=O) groups is 1. The van der Waals surface area contributed by atoms with Crippen molar-refractivity contribution in [2.75, 3.05) is 6.54 Å². The van der Waals surface area contributed by atoms with Crippen LogP contribution >= 0.6 is 0 Å². The number of benzene rings is 1. The molecule has 0 spiro atoms. The van der Waals surface area contributed by atoms with E-state index >= 15 is 0 Å². The molecular weight excluding hydrogens is 233 g/mol. The quantitative estimate of drug-likeness (QED) is 0.845. The number of alkyl halides is 3. The minimum atomic E-state index is -4.40. The van der Waals surface area contributed by atoms with Crippen LogP contribution in [-0.2, 0) is 0 Å². The zero-order valence-electron chi connectivity index (χ0n) is 9.21. The molecule has 0 saturated carbocycles. The molecule has 6 heteroatoms. The fraction of sp³-hybridized carbons (Fsp3) is 0.364. The lowest BCUT2D eigenvalue weighted by atomic mass is 10.1. The highest BCUT2D eigenvalue weighted by Crippen LogP contribution is 2.13. The molecule has 0 radical (unpaired) electrons. The van der Waals surface area contributed by atoms with Gasteiger partial charge in [0.2, 0.25) is 0 Å². The first kappa shape index (κ1) is 13.3. The lowest BCUT2D eigenvalue weighted by Crippen LogP contribution is -2.41. The van der Waals surface area contributed by atoms with Crippen LogP contribution in [0.5, 0.6) is 0 Å². The van der Waals surface area contributed by atoms with Gasteiger partial charge in [-0.05, 0) is 12.5 Å². The van der Waals surface area contributed by atoms with Gasteiger partial charge in [-0.2, -0.15) is 13.2 Å². The zero-order valence-corrected chi connectivity index (χ0v) is 9.21. The van der Waals surface area contributed by atoms with Gasteiger partial charge in [-0.25, -0.2) is 4.79 Å². The Bertz CT molecular complexity index is 365. The first-order chi connectivity index (χ1) is 7.88. The summed E-state index contributed by atoms with van der Waals surface area (Å²) in [7, 11) is 0. The van der Waals surface area contributed by atoms with Gasteiger partial charge in [0.05, 0.1) is 6.04 Å². The van der Waals surface area contributed by atoms with Crippen molar-refractivity contribution in [1.29, 1.82) is 0 Å². The van der Waals surface area contributed by atoms with E-state index in [1.807, 2.05) is 6.07 Å². The van der Waals surface area contributed by atoms with Crippen LogP contribution in [0.1, 0.15) is 18.5 Å². The number of hydrogen-bond acceptors (Lipinski definition) is 1. The third-order valence-electron chi connectivity index (χ3n) is 2.10. The first-order valence-corrected chi connectivity index (χ1v) is 5.04. The Balaban J connectivity index is 2.42. The minimum absolute atomic E-state index is 0.343. The van der Waals surface area contributed by atoms with E-state index in [9.17, 15) is 18.0 Å². The summed E-state index contributed by atoms with van der Waals surface area (Å²) < 4.78 is 35.5. The van der Waals surface area contributed by atoms with Gasteiger partial charge in [0.15, 0.2) is 0 Å². The number of halogens is 3. The summed E-state index contributed by atoms with van der Waals surface area (Å²) in [5.74, 6) is 0. The summed E-state index contributed by atoms with van der Waals surface area (Å²) >= 11 is 0. The van der Waals surface area contributed by atoms with Crippen molar-refractivity contribution < 1.29 is 18.0 Å². The predicted molar refractivity (Wildman–Crippen MR) is 57.4 cm³/mol. The molecule has 0 aliphatic rings. The maximum atomic E-state index is 11.8. The molecule has 0 bridgehead atoms. The number of carbonyl (C=O) groups excluding carboxylic acids is 1. The highest BCUT2D eigenvalue weighted by Gasteiger charge is 2.27. The molecule has 0 saturated heterocycles. The fourth-order valence-electron chi connectivity index (χ4n) is 1.25. The van der Waals surface area contributed by atoms with E-state index in [0.29, 0.717) is 0 Å². The van der Waals surface area contributed by atoms with E-state index in [2.05, 4.69) is 5.32 Å². The number of urea groups is 1. The lowest BCUT2D eigenvalue weighted by Gasteiger charge is -2.15. The van der Waals surface area contributed by atoms with Gasteiger partial charge in [-0.15, -0.1) is 0 Å². The van der Waals surface area contributed by atoms with Gasteiger partial charge >= 0.3 is 12.2 Å². The van der Waals surface area contributed by atoms with Crippen LogP contribution in [0, 0.1) is 0 Å². The van der Waals surface area contributed by atoms with Crippen molar-refractivity contribution in [2.45, 2.75) is 19.1 Å². The molecule has 1 atom stereocenters. The molecule has 0 fully saturated rings. The van der Waals surface area contributed by atoms with Gasteiger partial charge in [0.25, 0.3) is 0 Å². The minimum Gasteiger partial charge on any atom is -0.332 e. The largest absolute Gasteiger partial charge is 0.405 e. The number of rotatable bonds is 3. The maximum absolute atomic E-state index is 11.8. The van der Waals surface area contributed by atoms with Gasteiger partial charge in [0, 0.05) is 0 Å². The molecule has 1 aromatic carbocycles. The molecule has 0 aliphatic heterocycles. The van der Waals surface area contributed by atoms with E-state index in [0.717, 1.165) is 5.56 Å². The Kier molecular flexibility index (Phi) is 4.37. The molecule has 1 rings (SSSR count). The molecule has 0 aliphatic carbocycles. The van der Waals surface area contributed by atoms with E-state index in [1.165, 1.54) is 0 Å². The van der Waals surface area contributed by atoms with Crippen LogP contribution < -0.4 is 10.6 Å².